The minimum atomic E-state index is -3.66. The number of rotatable bonds is 6. The fraction of sp³-hybridized carbons (Fsp3) is 0.462. The van der Waals surface area contributed by atoms with Crippen molar-refractivity contribution in [3.63, 3.8) is 0 Å². The molecule has 0 fully saturated rings. The fourth-order valence-corrected chi connectivity index (χ4v) is 2.18. The molecule has 0 aliphatic carbocycles. The van der Waals surface area contributed by atoms with Gasteiger partial charge in [0.25, 0.3) is 0 Å². The first-order chi connectivity index (χ1) is 9.08. The van der Waals surface area contributed by atoms with E-state index in [2.05, 4.69) is 5.32 Å². The maximum absolute atomic E-state index is 11.5. The summed E-state index contributed by atoms with van der Waals surface area (Å²) in [5.41, 5.74) is 6.14. The summed E-state index contributed by atoms with van der Waals surface area (Å²) < 4.78 is 22.2. The van der Waals surface area contributed by atoms with Gasteiger partial charge in [0.15, 0.2) is 0 Å². The molecule has 1 aromatic carbocycles. The normalized spacial score (nSPS) is 12.2. The third-order valence-corrected chi connectivity index (χ3v) is 3.53. The zero-order valence-corrected chi connectivity index (χ0v) is 12.5. The second-order valence-corrected chi connectivity index (χ2v) is 7.02. The second-order valence-electron chi connectivity index (χ2n) is 5.45. The summed E-state index contributed by atoms with van der Waals surface area (Å²) in [6.45, 7) is 4.06. The molecule has 0 unspecified atom stereocenters. The summed E-state index contributed by atoms with van der Waals surface area (Å²) in [4.78, 5) is 11.6. The van der Waals surface area contributed by atoms with E-state index in [0.29, 0.717) is 13.0 Å². The van der Waals surface area contributed by atoms with E-state index in [0.717, 1.165) is 5.56 Å². The van der Waals surface area contributed by atoms with E-state index in [4.69, 9.17) is 10.9 Å². The molecule has 0 aromatic heterocycles. The number of nitrogens with two attached hydrogens (primary N) is 2. The number of carbonyl (C=O) groups excluding carboxylic acids is 1. The second kappa shape index (κ2) is 6.34. The van der Waals surface area contributed by atoms with Crippen molar-refractivity contribution in [2.75, 3.05) is 6.54 Å². The summed E-state index contributed by atoms with van der Waals surface area (Å²) in [5, 5.41) is 7.78. The molecule has 5 N–H and O–H groups in total. The summed E-state index contributed by atoms with van der Waals surface area (Å²) in [6, 6.07) is 6.27. The zero-order valence-electron chi connectivity index (χ0n) is 11.7. The van der Waals surface area contributed by atoms with Crippen molar-refractivity contribution in [3.8, 4) is 0 Å². The fourth-order valence-electron chi connectivity index (χ4n) is 1.67. The predicted molar refractivity (Wildman–Crippen MR) is 77.4 cm³/mol. The van der Waals surface area contributed by atoms with Crippen molar-refractivity contribution in [1.82, 2.24) is 5.32 Å². The van der Waals surface area contributed by atoms with Crippen LogP contribution < -0.4 is 16.2 Å². The Bertz CT molecular complexity index is 560. The average Bonchev–Trinajstić information content (AvgIpc) is 2.26. The minimum Gasteiger partial charge on any atom is -0.356 e. The van der Waals surface area contributed by atoms with Crippen LogP contribution in [0.4, 0.5) is 0 Å². The highest BCUT2D eigenvalue weighted by Crippen LogP contribution is 2.09. The summed E-state index contributed by atoms with van der Waals surface area (Å²) in [6.07, 6.45) is 0.874. The predicted octanol–water partition coefficient (Wildman–Crippen LogP) is 0.120. The minimum absolute atomic E-state index is 0.0789. The molecule has 0 aliphatic rings. The first kappa shape index (κ1) is 16.6. The van der Waals surface area contributed by atoms with Crippen LogP contribution in [0.15, 0.2) is 29.2 Å². The lowest BCUT2D eigenvalue weighted by Crippen LogP contribution is -2.39. The summed E-state index contributed by atoms with van der Waals surface area (Å²) in [7, 11) is -3.66. The molecule has 0 spiro atoms. The molecule has 7 heteroatoms. The van der Waals surface area contributed by atoms with Crippen LogP contribution in [-0.2, 0) is 21.2 Å². The maximum Gasteiger partial charge on any atom is 0.238 e. The monoisotopic (exact) mass is 299 g/mol. The standard InChI is InChI=1S/C13H21N3O3S/c1-13(2,14)9-12(17)16-8-7-10-3-5-11(6-4-10)20(15,18)19/h3-6H,7-9,14H2,1-2H3,(H,16,17)(H2,15,18,19). The lowest BCUT2D eigenvalue weighted by Gasteiger charge is -2.17. The largest absolute Gasteiger partial charge is 0.356 e. The van der Waals surface area contributed by atoms with Gasteiger partial charge in [-0.25, -0.2) is 13.6 Å². The number of benzene rings is 1. The van der Waals surface area contributed by atoms with E-state index >= 15 is 0 Å². The van der Waals surface area contributed by atoms with Crippen LogP contribution in [0, 0.1) is 0 Å². The van der Waals surface area contributed by atoms with E-state index in [1.54, 1.807) is 26.0 Å². The average molecular weight is 299 g/mol. The van der Waals surface area contributed by atoms with Gasteiger partial charge in [-0.05, 0) is 38.0 Å². The van der Waals surface area contributed by atoms with E-state index in [1.807, 2.05) is 0 Å². The Morgan fingerprint density at radius 2 is 1.80 bits per heavy atom. The van der Waals surface area contributed by atoms with Gasteiger partial charge in [0.1, 0.15) is 0 Å². The first-order valence-corrected chi connectivity index (χ1v) is 7.80. The van der Waals surface area contributed by atoms with Crippen LogP contribution >= 0.6 is 0 Å². The van der Waals surface area contributed by atoms with Crippen molar-refractivity contribution in [1.29, 1.82) is 0 Å². The van der Waals surface area contributed by atoms with Crippen LogP contribution in [0.5, 0.6) is 0 Å². The molecule has 20 heavy (non-hydrogen) atoms. The number of amides is 1. The lowest BCUT2D eigenvalue weighted by molar-refractivity contribution is -0.121. The Morgan fingerprint density at radius 3 is 2.25 bits per heavy atom. The lowest BCUT2D eigenvalue weighted by atomic mass is 10.0. The molecule has 112 valence electrons. The molecule has 0 saturated carbocycles. The molecule has 6 nitrogen and oxygen atoms in total. The molecule has 0 aliphatic heterocycles. The molecule has 0 radical (unpaired) electrons. The van der Waals surface area contributed by atoms with Gasteiger partial charge in [0.2, 0.25) is 15.9 Å². The molecule has 0 bridgehead atoms. The van der Waals surface area contributed by atoms with Gasteiger partial charge >= 0.3 is 0 Å². The molecule has 1 aromatic rings. The van der Waals surface area contributed by atoms with Gasteiger partial charge in [-0.3, -0.25) is 4.79 Å². The highest BCUT2D eigenvalue weighted by atomic mass is 32.2. The molecule has 0 atom stereocenters. The molecule has 1 amide bonds. The van der Waals surface area contributed by atoms with Crippen LogP contribution in [0.25, 0.3) is 0 Å². The quantitative estimate of drug-likeness (QED) is 0.692. The van der Waals surface area contributed by atoms with Crippen LogP contribution in [0.1, 0.15) is 25.8 Å². The molecular weight excluding hydrogens is 278 g/mol. The Kier molecular flexibility index (Phi) is 5.27. The third-order valence-electron chi connectivity index (χ3n) is 2.60. The summed E-state index contributed by atoms with van der Waals surface area (Å²) >= 11 is 0. The van der Waals surface area contributed by atoms with Gasteiger partial charge in [-0.15, -0.1) is 0 Å². The van der Waals surface area contributed by atoms with Gasteiger partial charge < -0.3 is 11.1 Å². The van der Waals surface area contributed by atoms with Crippen molar-refractivity contribution in [2.24, 2.45) is 10.9 Å². The Morgan fingerprint density at radius 1 is 1.25 bits per heavy atom. The van der Waals surface area contributed by atoms with E-state index in [1.165, 1.54) is 12.1 Å². The van der Waals surface area contributed by atoms with Gasteiger partial charge in [-0.1, -0.05) is 12.1 Å². The Labute approximate surface area is 119 Å². The topological polar surface area (TPSA) is 115 Å². The van der Waals surface area contributed by atoms with E-state index in [-0.39, 0.29) is 17.2 Å². The molecule has 0 saturated heterocycles. The Hall–Kier alpha value is -1.44. The van der Waals surface area contributed by atoms with Gasteiger partial charge in [-0.2, -0.15) is 0 Å². The van der Waals surface area contributed by atoms with Crippen molar-refractivity contribution >= 4 is 15.9 Å². The van der Waals surface area contributed by atoms with Crippen molar-refractivity contribution in [3.05, 3.63) is 29.8 Å². The number of primary sulfonamides is 1. The third kappa shape index (κ3) is 6.14. The van der Waals surface area contributed by atoms with Crippen LogP contribution in [0.3, 0.4) is 0 Å². The van der Waals surface area contributed by atoms with Gasteiger partial charge in [0.05, 0.1) is 4.90 Å². The van der Waals surface area contributed by atoms with E-state index < -0.39 is 15.6 Å². The first-order valence-electron chi connectivity index (χ1n) is 6.25. The Balaban J connectivity index is 2.45. The smallest absolute Gasteiger partial charge is 0.238 e. The number of nitrogens with one attached hydrogen (secondary N) is 1. The number of hydrogen-bond acceptors (Lipinski definition) is 4. The van der Waals surface area contributed by atoms with E-state index in [9.17, 15) is 13.2 Å². The number of sulfonamides is 1. The van der Waals surface area contributed by atoms with Crippen molar-refractivity contribution in [2.45, 2.75) is 37.1 Å². The van der Waals surface area contributed by atoms with Gasteiger partial charge in [0, 0.05) is 18.5 Å². The number of carbonyl (C=O) groups is 1. The highest BCUT2D eigenvalue weighted by molar-refractivity contribution is 7.89. The molecule has 0 heterocycles. The van der Waals surface area contributed by atoms with Crippen LogP contribution in [-0.4, -0.2) is 26.4 Å². The summed E-state index contributed by atoms with van der Waals surface area (Å²) in [5.74, 6) is -0.0985. The maximum atomic E-state index is 11.5. The molecular formula is C13H21N3O3S. The molecule has 1 rings (SSSR count). The zero-order chi connectivity index (χ0) is 15.4. The van der Waals surface area contributed by atoms with Crippen molar-refractivity contribution < 1.29 is 13.2 Å². The highest BCUT2D eigenvalue weighted by Gasteiger charge is 2.15. The van der Waals surface area contributed by atoms with Crippen LogP contribution in [0.2, 0.25) is 0 Å². The SMILES string of the molecule is CC(C)(N)CC(=O)NCCc1ccc(S(N)(=O)=O)cc1. The number of hydrogen-bond donors (Lipinski definition) is 3.